The summed E-state index contributed by atoms with van der Waals surface area (Å²) in [5.74, 6) is 1.85. The third-order valence-electron chi connectivity index (χ3n) is 7.65. The zero-order valence-corrected chi connectivity index (χ0v) is 26.3. The van der Waals surface area contributed by atoms with Crippen molar-refractivity contribution in [3.05, 3.63) is 0 Å². The van der Waals surface area contributed by atoms with Crippen molar-refractivity contribution >= 4 is 11.9 Å². The fourth-order valence-electron chi connectivity index (χ4n) is 5.00. The fourth-order valence-corrected chi connectivity index (χ4v) is 5.00. The molecule has 0 aromatic heterocycles. The predicted molar refractivity (Wildman–Crippen MR) is 162 cm³/mol. The molecule has 0 aliphatic heterocycles. The molecular formula is C34H66O4. The van der Waals surface area contributed by atoms with Crippen LogP contribution in [0, 0.1) is 17.8 Å². The van der Waals surface area contributed by atoms with Crippen LogP contribution in [-0.2, 0) is 19.1 Å². The van der Waals surface area contributed by atoms with Crippen LogP contribution in [0.1, 0.15) is 176 Å². The van der Waals surface area contributed by atoms with Crippen molar-refractivity contribution in [3.63, 3.8) is 0 Å². The number of carbonyl (C=O) groups excluding carboxylic acids is 2. The van der Waals surface area contributed by atoms with Gasteiger partial charge in [-0.1, -0.05) is 125 Å². The van der Waals surface area contributed by atoms with Gasteiger partial charge in [0.2, 0.25) is 0 Å². The molecule has 0 heterocycles. The lowest BCUT2D eigenvalue weighted by Gasteiger charge is -2.14. The Labute approximate surface area is 237 Å². The molecule has 0 aliphatic carbocycles. The Hall–Kier alpha value is -1.06. The molecule has 0 radical (unpaired) electrons. The minimum atomic E-state index is -0.0104. The third kappa shape index (κ3) is 28.0. The van der Waals surface area contributed by atoms with Crippen molar-refractivity contribution in [1.29, 1.82) is 0 Å². The summed E-state index contributed by atoms with van der Waals surface area (Å²) in [6.45, 7) is 12.2. The lowest BCUT2D eigenvalue weighted by Crippen LogP contribution is -2.12. The van der Waals surface area contributed by atoms with E-state index >= 15 is 0 Å². The predicted octanol–water partition coefficient (Wildman–Crippen LogP) is 10.6. The summed E-state index contributed by atoms with van der Waals surface area (Å²) in [5, 5.41) is 0. The zero-order valence-electron chi connectivity index (χ0n) is 26.3. The Bertz CT molecular complexity index is 529. The van der Waals surface area contributed by atoms with E-state index in [4.69, 9.17) is 9.47 Å². The third-order valence-corrected chi connectivity index (χ3v) is 7.65. The quantitative estimate of drug-likeness (QED) is 0.0734. The summed E-state index contributed by atoms with van der Waals surface area (Å²) in [6.07, 6.45) is 25.8. The van der Waals surface area contributed by atoms with Crippen LogP contribution in [0.5, 0.6) is 0 Å². The van der Waals surface area contributed by atoms with Crippen LogP contribution in [0.3, 0.4) is 0 Å². The lowest BCUT2D eigenvalue weighted by molar-refractivity contribution is -0.145. The Balaban J connectivity index is 3.38. The van der Waals surface area contributed by atoms with E-state index in [1.165, 1.54) is 83.5 Å². The van der Waals surface area contributed by atoms with Gasteiger partial charge in [0.1, 0.15) is 0 Å². The molecule has 0 aromatic rings. The van der Waals surface area contributed by atoms with Gasteiger partial charge in [-0.15, -0.1) is 0 Å². The van der Waals surface area contributed by atoms with Gasteiger partial charge in [0.15, 0.2) is 0 Å². The summed E-state index contributed by atoms with van der Waals surface area (Å²) >= 11 is 0. The van der Waals surface area contributed by atoms with Crippen LogP contribution < -0.4 is 0 Å². The monoisotopic (exact) mass is 538 g/mol. The van der Waals surface area contributed by atoms with Crippen molar-refractivity contribution in [2.75, 3.05) is 13.2 Å². The molecule has 0 fully saturated rings. The SMILES string of the molecule is CCC(CCCCCCCCCCCCCCCCC(=O)OCCCC(C)C)CC(=O)OCCCC(C)C. The first kappa shape index (κ1) is 36.9. The number of unbranched alkanes of at least 4 members (excludes halogenated alkanes) is 13. The Morgan fingerprint density at radius 1 is 0.500 bits per heavy atom. The molecule has 0 rings (SSSR count). The maximum atomic E-state index is 12.1. The van der Waals surface area contributed by atoms with Crippen LogP contribution in [0.25, 0.3) is 0 Å². The topological polar surface area (TPSA) is 52.6 Å². The van der Waals surface area contributed by atoms with E-state index < -0.39 is 0 Å². The molecule has 0 aromatic carbocycles. The molecular weight excluding hydrogens is 472 g/mol. The average molecular weight is 539 g/mol. The number of hydrogen-bond acceptors (Lipinski definition) is 4. The van der Waals surface area contributed by atoms with Crippen LogP contribution in [0.15, 0.2) is 0 Å². The highest BCUT2D eigenvalue weighted by Gasteiger charge is 2.13. The smallest absolute Gasteiger partial charge is 0.306 e. The second-order valence-electron chi connectivity index (χ2n) is 12.5. The maximum Gasteiger partial charge on any atom is 0.306 e. The van der Waals surface area contributed by atoms with Gasteiger partial charge in [-0.25, -0.2) is 0 Å². The van der Waals surface area contributed by atoms with E-state index in [1.54, 1.807) is 0 Å². The summed E-state index contributed by atoms with van der Waals surface area (Å²) < 4.78 is 10.7. The Morgan fingerprint density at radius 3 is 1.32 bits per heavy atom. The second kappa shape index (κ2) is 27.5. The Morgan fingerprint density at radius 2 is 0.895 bits per heavy atom. The van der Waals surface area contributed by atoms with Gasteiger partial charge >= 0.3 is 11.9 Å². The van der Waals surface area contributed by atoms with Gasteiger partial charge in [0.25, 0.3) is 0 Å². The van der Waals surface area contributed by atoms with Crippen LogP contribution >= 0.6 is 0 Å². The van der Waals surface area contributed by atoms with Crippen LogP contribution in [0.2, 0.25) is 0 Å². The average Bonchev–Trinajstić information content (AvgIpc) is 2.87. The molecule has 0 saturated heterocycles. The largest absolute Gasteiger partial charge is 0.466 e. The van der Waals surface area contributed by atoms with Gasteiger partial charge < -0.3 is 9.47 Å². The van der Waals surface area contributed by atoms with Gasteiger partial charge in [-0.05, 0) is 56.3 Å². The summed E-state index contributed by atoms with van der Waals surface area (Å²) in [7, 11) is 0. The highest BCUT2D eigenvalue weighted by molar-refractivity contribution is 5.69. The summed E-state index contributed by atoms with van der Waals surface area (Å²) in [4.78, 5) is 23.8. The number of ether oxygens (including phenoxy) is 2. The van der Waals surface area contributed by atoms with Gasteiger partial charge in [-0.3, -0.25) is 9.59 Å². The van der Waals surface area contributed by atoms with E-state index in [0.717, 1.165) is 44.9 Å². The minimum Gasteiger partial charge on any atom is -0.466 e. The molecule has 0 bridgehead atoms. The van der Waals surface area contributed by atoms with E-state index in [0.29, 0.717) is 43.8 Å². The minimum absolute atomic E-state index is 0.00505. The van der Waals surface area contributed by atoms with Crippen molar-refractivity contribution in [2.24, 2.45) is 17.8 Å². The van der Waals surface area contributed by atoms with Gasteiger partial charge in [-0.2, -0.15) is 0 Å². The molecule has 0 saturated carbocycles. The number of esters is 2. The zero-order chi connectivity index (χ0) is 28.3. The van der Waals surface area contributed by atoms with E-state index in [2.05, 4.69) is 34.6 Å². The molecule has 38 heavy (non-hydrogen) atoms. The van der Waals surface area contributed by atoms with E-state index in [9.17, 15) is 9.59 Å². The van der Waals surface area contributed by atoms with Crippen molar-refractivity contribution in [3.8, 4) is 0 Å². The lowest BCUT2D eigenvalue weighted by atomic mass is 9.95. The number of hydrogen-bond donors (Lipinski definition) is 0. The molecule has 0 N–H and O–H groups in total. The van der Waals surface area contributed by atoms with E-state index in [-0.39, 0.29) is 11.9 Å². The normalized spacial score (nSPS) is 12.3. The first-order valence-electron chi connectivity index (χ1n) is 16.7. The number of rotatable bonds is 28. The van der Waals surface area contributed by atoms with Crippen molar-refractivity contribution < 1.29 is 19.1 Å². The van der Waals surface area contributed by atoms with Crippen LogP contribution in [0.4, 0.5) is 0 Å². The first-order chi connectivity index (χ1) is 18.3. The van der Waals surface area contributed by atoms with Crippen molar-refractivity contribution in [2.45, 2.75) is 176 Å². The first-order valence-corrected chi connectivity index (χ1v) is 16.7. The van der Waals surface area contributed by atoms with Crippen molar-refractivity contribution in [1.82, 2.24) is 0 Å². The Kier molecular flexibility index (Phi) is 26.7. The molecule has 1 atom stereocenters. The maximum absolute atomic E-state index is 12.1. The molecule has 0 aliphatic rings. The molecule has 0 amide bonds. The summed E-state index contributed by atoms with van der Waals surface area (Å²) in [5.41, 5.74) is 0. The molecule has 1 unspecified atom stereocenters. The molecule has 4 heteroatoms. The number of carbonyl (C=O) groups is 2. The molecule has 226 valence electrons. The summed E-state index contributed by atoms with van der Waals surface area (Å²) in [6, 6.07) is 0. The van der Waals surface area contributed by atoms with E-state index in [1.807, 2.05) is 0 Å². The highest BCUT2D eigenvalue weighted by Crippen LogP contribution is 2.20. The van der Waals surface area contributed by atoms with Gasteiger partial charge in [0, 0.05) is 12.8 Å². The standard InChI is InChI=1S/C34H66O4/c1-6-32(29-34(36)38-28-22-24-31(4)5)25-19-17-15-13-11-9-7-8-10-12-14-16-18-20-26-33(35)37-27-21-23-30(2)3/h30-32H,6-29H2,1-5H3. The van der Waals surface area contributed by atoms with Gasteiger partial charge in [0.05, 0.1) is 13.2 Å². The second-order valence-corrected chi connectivity index (χ2v) is 12.5. The van der Waals surface area contributed by atoms with Crippen LogP contribution in [-0.4, -0.2) is 25.2 Å². The molecule has 4 nitrogen and oxygen atoms in total. The fraction of sp³-hybridized carbons (Fsp3) is 0.941. The highest BCUT2D eigenvalue weighted by atomic mass is 16.5. The molecule has 0 spiro atoms.